The summed E-state index contributed by atoms with van der Waals surface area (Å²) in [5.41, 5.74) is 2.64. The van der Waals surface area contributed by atoms with Crippen LogP contribution in [0.5, 0.6) is 11.5 Å². The summed E-state index contributed by atoms with van der Waals surface area (Å²) >= 11 is 6.18. The van der Waals surface area contributed by atoms with Gasteiger partial charge in [-0.05, 0) is 29.2 Å². The molecule has 0 saturated heterocycles. The summed E-state index contributed by atoms with van der Waals surface area (Å²) in [7, 11) is -0.792. The minimum atomic E-state index is -3.68. The van der Waals surface area contributed by atoms with Crippen LogP contribution in [-0.2, 0) is 16.6 Å². The van der Waals surface area contributed by atoms with E-state index in [2.05, 4.69) is 12.2 Å². The average molecular weight is 517 g/mol. The van der Waals surface area contributed by atoms with Crippen molar-refractivity contribution >= 4 is 33.2 Å². The number of ether oxygens (including phenoxy) is 2. The Bertz CT molecular complexity index is 1260. The molecule has 0 heterocycles. The Morgan fingerprint density at radius 2 is 1.63 bits per heavy atom. The lowest BCUT2D eigenvalue weighted by Crippen LogP contribution is -2.30. The fourth-order valence-corrected chi connectivity index (χ4v) is 4.71. The Kier molecular flexibility index (Phi) is 8.64. The fourth-order valence-electron chi connectivity index (χ4n) is 3.59. The first kappa shape index (κ1) is 26.4. The number of benzene rings is 3. The first-order valence-corrected chi connectivity index (χ1v) is 13.2. The third kappa shape index (κ3) is 6.68. The Balaban J connectivity index is 1.76. The summed E-state index contributed by atoms with van der Waals surface area (Å²) in [6.45, 7) is 2.59. The molecule has 0 radical (unpaired) electrons. The Hall–Kier alpha value is -3.23. The van der Waals surface area contributed by atoms with Gasteiger partial charge in [-0.15, -0.1) is 0 Å². The second-order valence-electron chi connectivity index (χ2n) is 8.15. The molecule has 0 aromatic heterocycles. The van der Waals surface area contributed by atoms with E-state index in [1.807, 2.05) is 30.3 Å². The van der Waals surface area contributed by atoms with Crippen molar-refractivity contribution < 1.29 is 22.7 Å². The van der Waals surface area contributed by atoms with Crippen LogP contribution in [0.4, 0.5) is 5.69 Å². The number of amides is 1. The molecule has 0 spiro atoms. The third-order valence-corrected chi connectivity index (χ3v) is 7.02. The van der Waals surface area contributed by atoms with E-state index in [0.717, 1.165) is 11.8 Å². The Morgan fingerprint density at radius 3 is 2.20 bits per heavy atom. The van der Waals surface area contributed by atoms with Crippen molar-refractivity contribution in [2.24, 2.45) is 0 Å². The SMILES string of the molecule is COc1cc(N(Cc2ccc(C(=O)NC[C@H](C)c3ccccc3)cc2)S(C)(=O)=O)c(OC)cc1Cl. The molecule has 1 amide bonds. The van der Waals surface area contributed by atoms with Gasteiger partial charge in [-0.2, -0.15) is 0 Å². The van der Waals surface area contributed by atoms with Gasteiger partial charge in [-0.3, -0.25) is 9.10 Å². The molecule has 35 heavy (non-hydrogen) atoms. The zero-order valence-electron chi connectivity index (χ0n) is 20.1. The van der Waals surface area contributed by atoms with Crippen molar-refractivity contribution in [2.45, 2.75) is 19.4 Å². The molecule has 0 aliphatic rings. The molecular formula is C26H29ClN2O5S. The maximum Gasteiger partial charge on any atom is 0.251 e. The van der Waals surface area contributed by atoms with E-state index >= 15 is 0 Å². The lowest BCUT2D eigenvalue weighted by Gasteiger charge is -2.25. The smallest absolute Gasteiger partial charge is 0.251 e. The van der Waals surface area contributed by atoms with Crippen LogP contribution in [-0.4, -0.2) is 41.3 Å². The summed E-state index contributed by atoms with van der Waals surface area (Å²) in [4.78, 5) is 12.6. The van der Waals surface area contributed by atoms with E-state index in [1.165, 1.54) is 30.7 Å². The zero-order chi connectivity index (χ0) is 25.6. The molecule has 0 saturated carbocycles. The number of nitrogens with zero attached hydrogens (tertiary/aromatic N) is 1. The van der Waals surface area contributed by atoms with Crippen LogP contribution in [0.1, 0.15) is 34.3 Å². The average Bonchev–Trinajstić information content (AvgIpc) is 2.85. The van der Waals surface area contributed by atoms with E-state index in [0.29, 0.717) is 39.9 Å². The molecule has 9 heteroatoms. The number of carbonyl (C=O) groups excluding carboxylic acids is 1. The minimum absolute atomic E-state index is 0.0346. The van der Waals surface area contributed by atoms with Gasteiger partial charge >= 0.3 is 0 Å². The van der Waals surface area contributed by atoms with Crippen molar-refractivity contribution in [3.8, 4) is 11.5 Å². The molecule has 3 rings (SSSR count). The van der Waals surface area contributed by atoms with E-state index in [1.54, 1.807) is 24.3 Å². The van der Waals surface area contributed by atoms with Crippen molar-refractivity contribution in [3.63, 3.8) is 0 Å². The third-order valence-electron chi connectivity index (χ3n) is 5.60. The Labute approximate surface area is 211 Å². The van der Waals surface area contributed by atoms with Gasteiger partial charge in [-0.1, -0.05) is 61.0 Å². The summed E-state index contributed by atoms with van der Waals surface area (Å²) in [5, 5.41) is 3.26. The molecule has 3 aromatic rings. The van der Waals surface area contributed by atoms with Gasteiger partial charge in [0.1, 0.15) is 11.5 Å². The van der Waals surface area contributed by atoms with Crippen LogP contribution < -0.4 is 19.1 Å². The number of methoxy groups -OCH3 is 2. The number of carbonyl (C=O) groups is 1. The number of nitrogens with one attached hydrogen (secondary N) is 1. The van der Waals surface area contributed by atoms with E-state index < -0.39 is 10.0 Å². The van der Waals surface area contributed by atoms with Crippen LogP contribution in [0, 0.1) is 0 Å². The maximum absolute atomic E-state index is 12.7. The van der Waals surface area contributed by atoms with E-state index in [-0.39, 0.29) is 18.4 Å². The van der Waals surface area contributed by atoms with Crippen LogP contribution in [0.15, 0.2) is 66.7 Å². The minimum Gasteiger partial charge on any atom is -0.495 e. The normalized spacial score (nSPS) is 12.0. The Morgan fingerprint density at radius 1 is 1.00 bits per heavy atom. The molecule has 0 bridgehead atoms. The first-order valence-electron chi connectivity index (χ1n) is 10.9. The first-order chi connectivity index (χ1) is 16.6. The molecule has 1 atom stereocenters. The largest absolute Gasteiger partial charge is 0.495 e. The molecule has 1 N–H and O–H groups in total. The lowest BCUT2D eigenvalue weighted by atomic mass is 10.0. The van der Waals surface area contributed by atoms with Crippen molar-refractivity contribution in [1.82, 2.24) is 5.32 Å². The second kappa shape index (κ2) is 11.5. The molecule has 0 fully saturated rings. The van der Waals surface area contributed by atoms with Gasteiger partial charge in [0.15, 0.2) is 0 Å². The summed E-state index contributed by atoms with van der Waals surface area (Å²) in [5.74, 6) is 0.607. The maximum atomic E-state index is 12.7. The second-order valence-corrected chi connectivity index (χ2v) is 10.5. The number of anilines is 1. The molecule has 0 unspecified atom stereocenters. The highest BCUT2D eigenvalue weighted by Crippen LogP contribution is 2.39. The topological polar surface area (TPSA) is 84.9 Å². The van der Waals surface area contributed by atoms with Gasteiger partial charge in [0, 0.05) is 24.2 Å². The highest BCUT2D eigenvalue weighted by atomic mass is 35.5. The van der Waals surface area contributed by atoms with Crippen LogP contribution in [0.25, 0.3) is 0 Å². The van der Waals surface area contributed by atoms with Crippen LogP contribution in [0.3, 0.4) is 0 Å². The molecule has 3 aromatic carbocycles. The molecule has 7 nitrogen and oxygen atoms in total. The highest BCUT2D eigenvalue weighted by molar-refractivity contribution is 7.92. The predicted molar refractivity (Wildman–Crippen MR) is 139 cm³/mol. The van der Waals surface area contributed by atoms with E-state index in [4.69, 9.17) is 21.1 Å². The van der Waals surface area contributed by atoms with E-state index in [9.17, 15) is 13.2 Å². The fraction of sp³-hybridized carbons (Fsp3) is 0.269. The van der Waals surface area contributed by atoms with Gasteiger partial charge < -0.3 is 14.8 Å². The molecule has 0 aliphatic heterocycles. The zero-order valence-corrected chi connectivity index (χ0v) is 21.7. The number of hydrogen-bond donors (Lipinski definition) is 1. The van der Waals surface area contributed by atoms with Crippen molar-refractivity contribution in [2.75, 3.05) is 31.3 Å². The number of rotatable bonds is 10. The summed E-state index contributed by atoms with van der Waals surface area (Å²) < 4.78 is 37.2. The molecule has 186 valence electrons. The summed E-state index contributed by atoms with van der Waals surface area (Å²) in [6, 6.07) is 19.8. The van der Waals surface area contributed by atoms with Gasteiger partial charge in [-0.25, -0.2) is 8.42 Å². The van der Waals surface area contributed by atoms with Crippen LogP contribution >= 0.6 is 11.6 Å². The van der Waals surface area contributed by atoms with Gasteiger partial charge in [0.2, 0.25) is 10.0 Å². The number of halogens is 1. The molecule has 0 aliphatic carbocycles. The summed E-state index contributed by atoms with van der Waals surface area (Å²) in [6.07, 6.45) is 1.11. The highest BCUT2D eigenvalue weighted by Gasteiger charge is 2.24. The van der Waals surface area contributed by atoms with Crippen LogP contribution in [0.2, 0.25) is 5.02 Å². The van der Waals surface area contributed by atoms with Gasteiger partial charge in [0.05, 0.1) is 37.7 Å². The standard InChI is InChI=1S/C26H29ClN2O5S/c1-18(20-8-6-5-7-9-20)16-28-26(30)21-12-10-19(11-13-21)17-29(35(4,31)32)23-15-24(33-2)22(27)14-25(23)34-3/h5-15,18H,16-17H2,1-4H3,(H,28,30)/t18-/m0/s1. The number of sulfonamides is 1. The number of hydrogen-bond acceptors (Lipinski definition) is 5. The molecular weight excluding hydrogens is 488 g/mol. The quantitative estimate of drug-likeness (QED) is 0.416. The monoisotopic (exact) mass is 516 g/mol. The predicted octanol–water partition coefficient (Wildman–Crippen LogP) is 4.86. The lowest BCUT2D eigenvalue weighted by molar-refractivity contribution is 0.0951. The van der Waals surface area contributed by atoms with Crippen molar-refractivity contribution in [3.05, 3.63) is 88.4 Å². The van der Waals surface area contributed by atoms with Crippen molar-refractivity contribution in [1.29, 1.82) is 0 Å². The van der Waals surface area contributed by atoms with Gasteiger partial charge in [0.25, 0.3) is 5.91 Å².